The van der Waals surface area contributed by atoms with Crippen LogP contribution >= 0.6 is 61.1 Å². The maximum atomic E-state index is 4.75. The molecule has 0 aromatic carbocycles. The number of rotatable bonds is 2. The van der Waals surface area contributed by atoms with Crippen LogP contribution in [0.2, 0.25) is 0 Å². The first kappa shape index (κ1) is 26.5. The van der Waals surface area contributed by atoms with Gasteiger partial charge in [0.1, 0.15) is 28.9 Å². The summed E-state index contributed by atoms with van der Waals surface area (Å²) in [6.45, 7) is 4.73. The summed E-state index contributed by atoms with van der Waals surface area (Å²) in [6, 6.07) is 2.53. The molecule has 4 aromatic heterocycles. The van der Waals surface area contributed by atoms with Crippen molar-refractivity contribution in [3.8, 4) is 0 Å². The van der Waals surface area contributed by atoms with E-state index < -0.39 is 0 Å². The molecular formula is C26H31BrI2N10. The van der Waals surface area contributed by atoms with Crippen LogP contribution in [0.1, 0.15) is 65.2 Å². The standard InChI is InChI=1S/C13H15BrIN5.C13H16IN5/c1-6-4-7-2-3-8(5-6)20(7)13-10(14)16-9-11(15)18-19-12(9)17-13;1-7-4-8-2-3-9(5-7)19(8)10-6-15-11-12(14)17-18-13(11)16-10/h6-8H,2-5H2,1H3,(H,17,18,19);6-9H,2-5H2,1H3,(H,16,17,18)/t6?,7-,8+;7?,8-,9+. The Balaban J connectivity index is 0.000000130. The highest BCUT2D eigenvalue weighted by Crippen LogP contribution is 2.43. The predicted octanol–water partition coefficient (Wildman–Crippen LogP) is 6.21. The first-order chi connectivity index (χ1) is 18.9. The molecule has 8 heterocycles. The number of H-pyrrole nitrogens is 2. The smallest absolute Gasteiger partial charge is 0.202 e. The molecule has 39 heavy (non-hydrogen) atoms. The summed E-state index contributed by atoms with van der Waals surface area (Å²) in [5.41, 5.74) is 3.17. The van der Waals surface area contributed by atoms with E-state index in [-0.39, 0.29) is 0 Å². The minimum absolute atomic E-state index is 0.616. The zero-order valence-electron chi connectivity index (χ0n) is 21.9. The highest BCUT2D eigenvalue weighted by atomic mass is 127. The van der Waals surface area contributed by atoms with Crippen molar-refractivity contribution < 1.29 is 0 Å². The van der Waals surface area contributed by atoms with Crippen LogP contribution in [0.15, 0.2) is 10.8 Å². The van der Waals surface area contributed by atoms with Crippen LogP contribution in [-0.4, -0.2) is 64.5 Å². The second-order valence-corrected chi connectivity index (χ2v) is 14.6. The molecule has 13 heteroatoms. The monoisotopic (exact) mass is 816 g/mol. The lowest BCUT2D eigenvalue weighted by atomic mass is 9.92. The van der Waals surface area contributed by atoms with Crippen molar-refractivity contribution in [2.24, 2.45) is 11.8 Å². The lowest BCUT2D eigenvalue weighted by Gasteiger charge is -2.38. The lowest BCUT2D eigenvalue weighted by molar-refractivity contribution is 0.361. The van der Waals surface area contributed by atoms with Gasteiger partial charge < -0.3 is 9.80 Å². The SMILES string of the molecule is CC1C[C@H]2CC[C@@H](C1)N2c1cnc2c(I)[nH]nc2n1.CC1C[C@H]2CC[C@@H](C1)N2c1nc2n[nH]c(I)c2nc1Br. The van der Waals surface area contributed by atoms with Crippen LogP contribution in [0.4, 0.5) is 11.6 Å². The highest BCUT2D eigenvalue weighted by Gasteiger charge is 2.42. The molecule has 4 saturated heterocycles. The van der Waals surface area contributed by atoms with Gasteiger partial charge in [0, 0.05) is 24.2 Å². The van der Waals surface area contributed by atoms with Gasteiger partial charge in [-0.25, -0.2) is 19.9 Å². The molecular weight excluding hydrogens is 786 g/mol. The molecule has 0 spiro atoms. The molecule has 10 nitrogen and oxygen atoms in total. The Morgan fingerprint density at radius 2 is 1.26 bits per heavy atom. The molecule has 0 radical (unpaired) electrons. The molecule has 4 aliphatic heterocycles. The van der Waals surface area contributed by atoms with E-state index in [9.17, 15) is 0 Å². The molecule has 0 aliphatic carbocycles. The molecule has 0 saturated carbocycles. The van der Waals surface area contributed by atoms with Gasteiger partial charge in [0.25, 0.3) is 0 Å². The van der Waals surface area contributed by atoms with Gasteiger partial charge in [-0.1, -0.05) is 13.8 Å². The maximum Gasteiger partial charge on any atom is 0.202 e. The molecule has 4 fully saturated rings. The Morgan fingerprint density at radius 1 is 0.744 bits per heavy atom. The van der Waals surface area contributed by atoms with Gasteiger partial charge in [-0.15, -0.1) is 0 Å². The number of aromatic amines is 2. The summed E-state index contributed by atoms with van der Waals surface area (Å²) in [4.78, 5) is 23.6. The molecule has 2 unspecified atom stereocenters. The van der Waals surface area contributed by atoms with Gasteiger partial charge in [0.15, 0.2) is 5.82 Å². The predicted molar refractivity (Wildman–Crippen MR) is 172 cm³/mol. The number of anilines is 2. The van der Waals surface area contributed by atoms with E-state index >= 15 is 0 Å². The summed E-state index contributed by atoms with van der Waals surface area (Å²) < 4.78 is 2.74. The van der Waals surface area contributed by atoms with Crippen LogP contribution < -0.4 is 9.80 Å². The number of nitrogens with one attached hydrogen (secondary N) is 2. The lowest BCUT2D eigenvalue weighted by Crippen LogP contribution is -2.43. The minimum atomic E-state index is 0.616. The second kappa shape index (κ2) is 10.5. The number of piperidine rings is 2. The largest absolute Gasteiger partial charge is 0.349 e. The summed E-state index contributed by atoms with van der Waals surface area (Å²) >= 11 is 8.02. The topological polar surface area (TPSA) is 115 Å². The molecule has 2 N–H and O–H groups in total. The zero-order valence-corrected chi connectivity index (χ0v) is 27.8. The van der Waals surface area contributed by atoms with E-state index in [0.29, 0.717) is 29.8 Å². The average Bonchev–Trinajstić information content (AvgIpc) is 3.61. The summed E-state index contributed by atoms with van der Waals surface area (Å²) in [5.74, 6) is 3.65. The number of hydrogen-bond acceptors (Lipinski definition) is 8. The Labute approximate surface area is 262 Å². The van der Waals surface area contributed by atoms with Crippen molar-refractivity contribution in [3.63, 3.8) is 0 Å². The van der Waals surface area contributed by atoms with Crippen molar-refractivity contribution in [2.45, 2.75) is 89.4 Å². The molecule has 6 atom stereocenters. The molecule has 4 aromatic rings. The van der Waals surface area contributed by atoms with E-state index in [1.165, 1.54) is 51.4 Å². The van der Waals surface area contributed by atoms with E-state index in [1.807, 2.05) is 6.20 Å². The number of aromatic nitrogens is 8. The Hall–Kier alpha value is -1.36. The van der Waals surface area contributed by atoms with Crippen LogP contribution in [0, 0.1) is 19.2 Å². The van der Waals surface area contributed by atoms with Gasteiger partial charge in [0.05, 0.1) is 6.20 Å². The third kappa shape index (κ3) is 4.81. The van der Waals surface area contributed by atoms with Crippen molar-refractivity contribution in [1.82, 2.24) is 40.3 Å². The second-order valence-electron chi connectivity index (χ2n) is 11.7. The van der Waals surface area contributed by atoms with Crippen molar-refractivity contribution in [3.05, 3.63) is 18.2 Å². The van der Waals surface area contributed by atoms with Gasteiger partial charge in [0.2, 0.25) is 11.3 Å². The molecule has 8 rings (SSSR count). The Bertz CT molecular complexity index is 1500. The number of nitrogens with zero attached hydrogens (tertiary/aromatic N) is 8. The normalized spacial score (nSPS) is 29.8. The molecule has 206 valence electrons. The number of fused-ring (bicyclic) bond motifs is 6. The third-order valence-electron chi connectivity index (χ3n) is 8.94. The fourth-order valence-electron chi connectivity index (χ4n) is 7.44. The fraction of sp³-hybridized carbons (Fsp3) is 0.615. The van der Waals surface area contributed by atoms with Crippen LogP contribution in [0.5, 0.6) is 0 Å². The van der Waals surface area contributed by atoms with Gasteiger partial charge in [-0.05, 0) is 124 Å². The first-order valence-corrected chi connectivity index (χ1v) is 16.8. The van der Waals surface area contributed by atoms with E-state index in [1.54, 1.807) is 0 Å². The van der Waals surface area contributed by atoms with Gasteiger partial charge >= 0.3 is 0 Å². The van der Waals surface area contributed by atoms with Crippen molar-refractivity contribution >= 4 is 95.1 Å². The van der Waals surface area contributed by atoms with Crippen LogP contribution in [0.3, 0.4) is 0 Å². The number of halogens is 3. The Kier molecular flexibility index (Phi) is 7.13. The molecule has 4 aliphatic rings. The van der Waals surface area contributed by atoms with E-state index in [2.05, 4.69) is 115 Å². The average molecular weight is 817 g/mol. The van der Waals surface area contributed by atoms with E-state index in [0.717, 1.165) is 52.2 Å². The van der Waals surface area contributed by atoms with Crippen LogP contribution in [-0.2, 0) is 0 Å². The fourth-order valence-corrected chi connectivity index (χ4v) is 8.90. The summed E-state index contributed by atoms with van der Waals surface area (Å²) in [5, 5.41) is 14.4. The number of hydrogen-bond donors (Lipinski definition) is 2. The molecule has 4 bridgehead atoms. The van der Waals surface area contributed by atoms with Crippen LogP contribution in [0.25, 0.3) is 22.3 Å². The summed E-state index contributed by atoms with van der Waals surface area (Å²) in [6.07, 6.45) is 12.2. The first-order valence-electron chi connectivity index (χ1n) is 13.9. The van der Waals surface area contributed by atoms with Crippen molar-refractivity contribution in [2.75, 3.05) is 9.80 Å². The zero-order chi connectivity index (χ0) is 26.8. The van der Waals surface area contributed by atoms with Gasteiger partial charge in [-0.2, -0.15) is 10.2 Å². The maximum absolute atomic E-state index is 4.75. The third-order valence-corrected chi connectivity index (χ3v) is 11.0. The Morgan fingerprint density at radius 3 is 1.85 bits per heavy atom. The van der Waals surface area contributed by atoms with Gasteiger partial charge in [-0.3, -0.25) is 10.2 Å². The summed E-state index contributed by atoms with van der Waals surface area (Å²) in [7, 11) is 0. The van der Waals surface area contributed by atoms with Crippen molar-refractivity contribution in [1.29, 1.82) is 0 Å². The minimum Gasteiger partial charge on any atom is -0.349 e. The highest BCUT2D eigenvalue weighted by molar-refractivity contribution is 14.1. The van der Waals surface area contributed by atoms with E-state index in [4.69, 9.17) is 9.97 Å². The molecule has 0 amide bonds. The quantitative estimate of drug-likeness (QED) is 0.230.